The van der Waals surface area contributed by atoms with Crippen molar-refractivity contribution in [2.45, 2.75) is 38.3 Å². The number of aryl methyl sites for hydroxylation is 1. The van der Waals surface area contributed by atoms with Crippen LogP contribution in [0.5, 0.6) is 0 Å². The first-order valence-corrected chi connectivity index (χ1v) is 7.16. The van der Waals surface area contributed by atoms with Crippen molar-refractivity contribution in [2.75, 3.05) is 18.4 Å². The molecule has 2 aliphatic rings. The van der Waals surface area contributed by atoms with Gasteiger partial charge in [-0.2, -0.15) is 0 Å². The van der Waals surface area contributed by atoms with E-state index < -0.39 is 5.97 Å². The predicted molar refractivity (Wildman–Crippen MR) is 70.4 cm³/mol. The second-order valence-corrected chi connectivity index (χ2v) is 6.29. The third-order valence-electron chi connectivity index (χ3n) is 3.61. The number of nitrogens with zero attached hydrogens (tertiary/aromatic N) is 2. The van der Waals surface area contributed by atoms with Crippen LogP contribution in [0.2, 0.25) is 0 Å². The van der Waals surface area contributed by atoms with E-state index in [4.69, 9.17) is 5.11 Å². The summed E-state index contributed by atoms with van der Waals surface area (Å²) in [5.41, 5.74) is 0.180. The van der Waals surface area contributed by atoms with Gasteiger partial charge in [0.15, 0.2) is 10.8 Å². The number of carbonyl (C=O) groups is 1. The molecule has 1 aromatic heterocycles. The van der Waals surface area contributed by atoms with Crippen molar-refractivity contribution >= 4 is 22.4 Å². The van der Waals surface area contributed by atoms with Crippen molar-refractivity contribution in [1.29, 1.82) is 0 Å². The van der Waals surface area contributed by atoms with E-state index >= 15 is 0 Å². The fourth-order valence-electron chi connectivity index (χ4n) is 2.51. The zero-order chi connectivity index (χ0) is 12.7. The number of carboxylic acids is 1. The van der Waals surface area contributed by atoms with Gasteiger partial charge in [-0.3, -0.25) is 4.90 Å². The quantitative estimate of drug-likeness (QED) is 0.871. The van der Waals surface area contributed by atoms with E-state index in [1.165, 1.54) is 24.2 Å². The van der Waals surface area contributed by atoms with E-state index in [0.717, 1.165) is 35.6 Å². The van der Waals surface area contributed by atoms with E-state index in [0.29, 0.717) is 6.04 Å². The Bertz CT molecular complexity index is 470. The Morgan fingerprint density at radius 3 is 2.89 bits per heavy atom. The van der Waals surface area contributed by atoms with Gasteiger partial charge in [-0.05, 0) is 26.2 Å². The molecule has 6 heteroatoms. The maximum absolute atomic E-state index is 10.9. The number of likely N-dealkylation sites (tertiary alicyclic amines) is 1. The van der Waals surface area contributed by atoms with E-state index in [9.17, 15) is 4.79 Å². The van der Waals surface area contributed by atoms with E-state index in [1.807, 2.05) is 0 Å². The maximum Gasteiger partial charge on any atom is 0.355 e. The average molecular weight is 267 g/mol. The van der Waals surface area contributed by atoms with Crippen LogP contribution in [-0.2, 0) is 0 Å². The molecule has 0 bridgehead atoms. The second kappa shape index (κ2) is 4.51. The summed E-state index contributed by atoms with van der Waals surface area (Å²) in [4.78, 5) is 18.4. The van der Waals surface area contributed by atoms with Crippen LogP contribution in [0.15, 0.2) is 0 Å². The van der Waals surface area contributed by atoms with Crippen molar-refractivity contribution in [2.24, 2.45) is 0 Å². The first kappa shape index (κ1) is 11.9. The molecule has 3 rings (SSSR count). The molecule has 1 saturated heterocycles. The Morgan fingerprint density at radius 1 is 1.50 bits per heavy atom. The summed E-state index contributed by atoms with van der Waals surface area (Å²) in [5, 5.41) is 13.1. The first-order chi connectivity index (χ1) is 8.63. The second-order valence-electron chi connectivity index (χ2n) is 5.09. The summed E-state index contributed by atoms with van der Waals surface area (Å²) in [6.45, 7) is 4.02. The van der Waals surface area contributed by atoms with Crippen molar-refractivity contribution in [3.63, 3.8) is 0 Å². The van der Waals surface area contributed by atoms with Gasteiger partial charge in [0.25, 0.3) is 0 Å². The Kier molecular flexibility index (Phi) is 2.99. The highest BCUT2D eigenvalue weighted by molar-refractivity contribution is 7.15. The van der Waals surface area contributed by atoms with Gasteiger partial charge in [0.1, 0.15) is 0 Å². The summed E-state index contributed by atoms with van der Waals surface area (Å²) in [7, 11) is 0. The predicted octanol–water partition coefficient (Wildman–Crippen LogP) is 1.80. The van der Waals surface area contributed by atoms with Crippen molar-refractivity contribution in [3.05, 3.63) is 10.6 Å². The van der Waals surface area contributed by atoms with Crippen LogP contribution in [-0.4, -0.2) is 46.1 Å². The van der Waals surface area contributed by atoms with Crippen molar-refractivity contribution < 1.29 is 9.90 Å². The Hall–Kier alpha value is -1.14. The van der Waals surface area contributed by atoms with Crippen LogP contribution in [0.3, 0.4) is 0 Å². The molecule has 2 fully saturated rings. The smallest absolute Gasteiger partial charge is 0.355 e. The minimum Gasteiger partial charge on any atom is -0.476 e. The molecule has 1 aromatic rings. The normalized spacial score (nSPS) is 24.4. The molecule has 2 N–H and O–H groups in total. The number of hydrogen-bond acceptors (Lipinski definition) is 5. The van der Waals surface area contributed by atoms with Gasteiger partial charge in [0, 0.05) is 30.1 Å². The number of nitrogens with one attached hydrogen (secondary N) is 1. The standard InChI is InChI=1S/C12H17N3O2S/c1-7-10(11(16)17)14-12(18-7)13-8-4-5-15(6-8)9-2-3-9/h8-9H,2-6H2,1H3,(H,13,14)(H,16,17). The molecule has 0 amide bonds. The molecular formula is C12H17N3O2S. The lowest BCUT2D eigenvalue weighted by molar-refractivity contribution is 0.0690. The van der Waals surface area contributed by atoms with Crippen molar-refractivity contribution in [3.8, 4) is 0 Å². The zero-order valence-corrected chi connectivity index (χ0v) is 11.2. The minimum atomic E-state index is -0.942. The lowest BCUT2D eigenvalue weighted by Gasteiger charge is -2.15. The lowest BCUT2D eigenvalue weighted by Crippen LogP contribution is -2.27. The number of hydrogen-bond donors (Lipinski definition) is 2. The Morgan fingerprint density at radius 2 is 2.28 bits per heavy atom. The molecular weight excluding hydrogens is 250 g/mol. The number of thiazole rings is 1. The molecule has 0 aromatic carbocycles. The lowest BCUT2D eigenvalue weighted by atomic mass is 10.3. The maximum atomic E-state index is 10.9. The SMILES string of the molecule is Cc1sc(NC2CCN(C3CC3)C2)nc1C(=O)O. The summed E-state index contributed by atoms with van der Waals surface area (Å²) in [6.07, 6.45) is 3.80. The van der Waals surface area contributed by atoms with E-state index in [2.05, 4.69) is 15.2 Å². The molecule has 2 heterocycles. The van der Waals surface area contributed by atoms with Gasteiger partial charge in [-0.1, -0.05) is 0 Å². The molecule has 1 atom stereocenters. The van der Waals surface area contributed by atoms with Crippen molar-refractivity contribution in [1.82, 2.24) is 9.88 Å². The Labute approximate surface area is 110 Å². The van der Waals surface area contributed by atoms with Gasteiger partial charge in [0.2, 0.25) is 0 Å². The number of aromatic carboxylic acids is 1. The fourth-order valence-corrected chi connectivity index (χ4v) is 3.39. The first-order valence-electron chi connectivity index (χ1n) is 6.35. The largest absolute Gasteiger partial charge is 0.476 e. The molecule has 0 radical (unpaired) electrons. The molecule has 5 nitrogen and oxygen atoms in total. The van der Waals surface area contributed by atoms with Crippen LogP contribution in [0, 0.1) is 6.92 Å². The van der Waals surface area contributed by atoms with Crippen LogP contribution < -0.4 is 5.32 Å². The zero-order valence-electron chi connectivity index (χ0n) is 10.3. The molecule has 18 heavy (non-hydrogen) atoms. The fraction of sp³-hybridized carbons (Fsp3) is 0.667. The third kappa shape index (κ3) is 2.35. The van der Waals surface area contributed by atoms with E-state index in [1.54, 1.807) is 6.92 Å². The van der Waals surface area contributed by atoms with Gasteiger partial charge in [0.05, 0.1) is 0 Å². The number of rotatable bonds is 4. The monoisotopic (exact) mass is 267 g/mol. The molecule has 98 valence electrons. The minimum absolute atomic E-state index is 0.180. The number of carboxylic acid groups (broad SMARTS) is 1. The molecule has 0 spiro atoms. The van der Waals surface area contributed by atoms with Crippen LogP contribution in [0.25, 0.3) is 0 Å². The highest BCUT2D eigenvalue weighted by Gasteiger charge is 2.34. The topological polar surface area (TPSA) is 65.5 Å². The van der Waals surface area contributed by atoms with Gasteiger partial charge in [-0.25, -0.2) is 9.78 Å². The summed E-state index contributed by atoms with van der Waals surface area (Å²) in [5.74, 6) is -0.942. The van der Waals surface area contributed by atoms with E-state index in [-0.39, 0.29) is 5.69 Å². The van der Waals surface area contributed by atoms with Gasteiger partial charge in [-0.15, -0.1) is 11.3 Å². The molecule has 1 aliphatic carbocycles. The Balaban J connectivity index is 1.62. The third-order valence-corrected chi connectivity index (χ3v) is 4.51. The van der Waals surface area contributed by atoms with Crippen LogP contribution in [0.4, 0.5) is 5.13 Å². The van der Waals surface area contributed by atoms with Gasteiger partial charge >= 0.3 is 5.97 Å². The highest BCUT2D eigenvalue weighted by atomic mass is 32.1. The molecule has 1 unspecified atom stereocenters. The average Bonchev–Trinajstić information content (AvgIpc) is 2.95. The van der Waals surface area contributed by atoms with Crippen LogP contribution >= 0.6 is 11.3 Å². The van der Waals surface area contributed by atoms with Gasteiger partial charge < -0.3 is 10.4 Å². The number of anilines is 1. The van der Waals surface area contributed by atoms with Crippen LogP contribution in [0.1, 0.15) is 34.6 Å². The summed E-state index contributed by atoms with van der Waals surface area (Å²) >= 11 is 1.43. The summed E-state index contributed by atoms with van der Waals surface area (Å²) in [6, 6.07) is 1.22. The molecule has 1 aliphatic heterocycles. The highest BCUT2D eigenvalue weighted by Crippen LogP contribution is 2.31. The number of aromatic nitrogens is 1. The molecule has 1 saturated carbocycles. The summed E-state index contributed by atoms with van der Waals surface area (Å²) < 4.78 is 0.